The molecule has 3 aromatic carbocycles. The summed E-state index contributed by atoms with van der Waals surface area (Å²) in [4.78, 5) is 15.3. The van der Waals surface area contributed by atoms with Gasteiger partial charge in [-0.15, -0.1) is 17.5 Å². The minimum atomic E-state index is -0.0878. The van der Waals surface area contributed by atoms with Gasteiger partial charge in [0, 0.05) is 38.2 Å². The van der Waals surface area contributed by atoms with Crippen molar-refractivity contribution in [2.75, 3.05) is 0 Å². The van der Waals surface area contributed by atoms with Crippen molar-refractivity contribution in [2.24, 2.45) is 5.41 Å². The molecule has 0 N–H and O–H groups in total. The van der Waals surface area contributed by atoms with Crippen LogP contribution in [-0.2, 0) is 38.3 Å². The molecule has 0 atom stereocenters. The van der Waals surface area contributed by atoms with Crippen molar-refractivity contribution in [1.82, 2.24) is 15.0 Å². The van der Waals surface area contributed by atoms with E-state index in [0.717, 1.165) is 88.2 Å². The van der Waals surface area contributed by atoms with E-state index in [2.05, 4.69) is 136 Å². The second-order valence-corrected chi connectivity index (χ2v) is 18.3. The first-order chi connectivity index (χ1) is 24.0. The number of hydrogen-bond donors (Lipinski definition) is 0. The van der Waals surface area contributed by atoms with E-state index in [-0.39, 0.29) is 37.3 Å². The Balaban J connectivity index is 0.00000420. The van der Waals surface area contributed by atoms with E-state index in [0.29, 0.717) is 0 Å². The molecule has 0 saturated carbocycles. The fourth-order valence-corrected chi connectivity index (χ4v) is 7.91. The third-order valence-electron chi connectivity index (χ3n) is 9.58. The zero-order valence-electron chi connectivity index (χ0n) is 31.5. The number of fused-ring (bicyclic) bond motifs is 4. The second kappa shape index (κ2) is 12.8. The fraction of sp³-hybridized carbons (Fsp3) is 0.311. The van der Waals surface area contributed by atoms with Crippen molar-refractivity contribution in [1.29, 1.82) is 0 Å². The van der Waals surface area contributed by atoms with Gasteiger partial charge in [0.15, 0.2) is 0 Å². The maximum atomic E-state index is 6.90. The van der Waals surface area contributed by atoms with Gasteiger partial charge in [-0.2, -0.15) is 0 Å². The topological polar surface area (TPSA) is 65.0 Å². The second-order valence-electron chi connectivity index (χ2n) is 17.2. The van der Waals surface area contributed by atoms with Crippen molar-refractivity contribution >= 4 is 66.5 Å². The number of nitrogens with zero attached hydrogens (tertiary/aromatic N) is 3. The third-order valence-corrected chi connectivity index (χ3v) is 10.4. The number of hydrogen-bond acceptors (Lipinski definition) is 6. The van der Waals surface area contributed by atoms with E-state index in [1.165, 1.54) is 16.7 Å². The molecule has 8 rings (SSSR count). The maximum absolute atomic E-state index is 6.90. The Morgan fingerprint density at radius 1 is 0.692 bits per heavy atom. The molecule has 0 aliphatic carbocycles. The van der Waals surface area contributed by atoms with Crippen molar-refractivity contribution in [3.8, 4) is 11.4 Å². The summed E-state index contributed by atoms with van der Waals surface area (Å²) in [7, 11) is 0. The first-order valence-electron chi connectivity index (χ1n) is 17.7. The summed E-state index contributed by atoms with van der Waals surface area (Å²) in [6.45, 7) is 22.2. The van der Waals surface area contributed by atoms with Gasteiger partial charge in [0.25, 0.3) is 0 Å². The van der Waals surface area contributed by atoms with Crippen LogP contribution in [0.5, 0.6) is 0 Å². The van der Waals surface area contributed by atoms with Gasteiger partial charge in [0.1, 0.15) is 21.8 Å². The SMILES string of the molecule is Cc1cc(Sc2cc(C(C)(C)C)cc(-c3cc(C(C)(C)C)ccn3)n2)nc2c1oc1cc(CC(C)(C)C)cc3oc4c5ccccc5[c-]c2c4c13.[Pt]. The van der Waals surface area contributed by atoms with Crippen LogP contribution in [0.25, 0.3) is 66.2 Å². The van der Waals surface area contributed by atoms with E-state index in [4.69, 9.17) is 23.8 Å². The Morgan fingerprint density at radius 3 is 2.04 bits per heavy atom. The average molecular weight is 886 g/mol. The number of benzene rings is 3. The van der Waals surface area contributed by atoms with Crippen LogP contribution in [-0.4, -0.2) is 15.0 Å². The van der Waals surface area contributed by atoms with Gasteiger partial charge in [-0.3, -0.25) is 9.97 Å². The van der Waals surface area contributed by atoms with Crippen molar-refractivity contribution in [3.05, 3.63) is 101 Å². The number of aromatic nitrogens is 3. The molecule has 5 heterocycles. The standard InChI is InChI=1S/C45H44N3O2S.Pt/c1-25-17-36(51-37-23-29(45(8,9)10)22-33(47-37)32-21-28(15-16-46-32)44(5,6)7)48-40-31-20-27-13-11-12-14-30(27)42-38(31)39-34(49-41(25)40)18-26(19-35(39)50-42)24-43(2,3)4;/h11-19,21-23H,24H2,1-10H3;/q-1;. The average Bonchev–Trinajstić information content (AvgIpc) is 3.37. The van der Waals surface area contributed by atoms with Gasteiger partial charge < -0.3 is 8.83 Å². The largest absolute Gasteiger partial charge is 0.472 e. The van der Waals surface area contributed by atoms with Crippen molar-refractivity contribution in [2.45, 2.75) is 96.5 Å². The molecule has 7 heteroatoms. The summed E-state index contributed by atoms with van der Waals surface area (Å²) in [6, 6.07) is 27.2. The van der Waals surface area contributed by atoms with Gasteiger partial charge >= 0.3 is 0 Å². The van der Waals surface area contributed by atoms with E-state index < -0.39 is 0 Å². The predicted molar refractivity (Wildman–Crippen MR) is 212 cm³/mol. The van der Waals surface area contributed by atoms with E-state index in [9.17, 15) is 0 Å². The molecule has 0 unspecified atom stereocenters. The molecule has 0 bridgehead atoms. The first-order valence-corrected chi connectivity index (χ1v) is 18.5. The van der Waals surface area contributed by atoms with Crippen molar-refractivity contribution in [3.63, 3.8) is 0 Å². The molecule has 0 amide bonds. The predicted octanol–water partition coefficient (Wildman–Crippen LogP) is 12.9. The van der Waals surface area contributed by atoms with Crippen LogP contribution >= 0.6 is 11.8 Å². The molecule has 0 aliphatic heterocycles. The summed E-state index contributed by atoms with van der Waals surface area (Å²) in [6.07, 6.45) is 2.79. The molecule has 268 valence electrons. The van der Waals surface area contributed by atoms with Gasteiger partial charge in [-0.1, -0.05) is 97.7 Å². The summed E-state index contributed by atoms with van der Waals surface area (Å²) >= 11 is 1.57. The Bertz CT molecular complexity index is 2670. The Hall–Kier alpha value is -3.99. The van der Waals surface area contributed by atoms with E-state index in [1.54, 1.807) is 11.8 Å². The Labute approximate surface area is 324 Å². The molecule has 0 spiro atoms. The Morgan fingerprint density at radius 2 is 1.35 bits per heavy atom. The molecule has 8 aromatic rings. The number of aryl methyl sites for hydroxylation is 1. The normalized spacial score (nSPS) is 12.8. The van der Waals surface area contributed by atoms with Crippen LogP contribution < -0.4 is 0 Å². The van der Waals surface area contributed by atoms with Crippen LogP contribution in [0.4, 0.5) is 0 Å². The summed E-state index contributed by atoms with van der Waals surface area (Å²) < 4.78 is 13.6. The summed E-state index contributed by atoms with van der Waals surface area (Å²) in [5.74, 6) is 0. The summed E-state index contributed by atoms with van der Waals surface area (Å²) in [5, 5.41) is 6.58. The van der Waals surface area contributed by atoms with Gasteiger partial charge in [0.2, 0.25) is 0 Å². The van der Waals surface area contributed by atoms with E-state index in [1.807, 2.05) is 12.3 Å². The molecular weight excluding hydrogens is 842 g/mol. The summed E-state index contributed by atoms with van der Waals surface area (Å²) in [5.41, 5.74) is 10.3. The monoisotopic (exact) mass is 885 g/mol. The van der Waals surface area contributed by atoms with Crippen LogP contribution in [0.3, 0.4) is 0 Å². The van der Waals surface area contributed by atoms with Gasteiger partial charge in [0.05, 0.1) is 22.0 Å². The minimum absolute atomic E-state index is 0. The van der Waals surface area contributed by atoms with Crippen molar-refractivity contribution < 1.29 is 29.9 Å². The van der Waals surface area contributed by atoms with Crippen LogP contribution in [0.15, 0.2) is 91.8 Å². The number of pyridine rings is 3. The molecular formula is C45H44N3O2PtS-. The van der Waals surface area contributed by atoms with Crippen LogP contribution in [0.2, 0.25) is 0 Å². The van der Waals surface area contributed by atoms with Crippen LogP contribution in [0, 0.1) is 18.4 Å². The number of furan rings is 1. The molecule has 0 radical (unpaired) electrons. The van der Waals surface area contributed by atoms with Crippen LogP contribution in [0.1, 0.15) is 84.6 Å². The molecule has 0 saturated heterocycles. The van der Waals surface area contributed by atoms with Gasteiger partial charge in [-0.05, 0) is 105 Å². The molecule has 52 heavy (non-hydrogen) atoms. The Kier molecular flexibility index (Phi) is 8.99. The zero-order valence-corrected chi connectivity index (χ0v) is 34.6. The quantitative estimate of drug-likeness (QED) is 0.164. The smallest absolute Gasteiger partial charge is 0.131 e. The van der Waals surface area contributed by atoms with Gasteiger partial charge in [-0.25, -0.2) is 4.98 Å². The first kappa shape index (κ1) is 36.4. The minimum Gasteiger partial charge on any atom is -0.472 e. The molecule has 0 aliphatic rings. The van der Waals surface area contributed by atoms with E-state index >= 15 is 0 Å². The molecule has 5 aromatic heterocycles. The number of rotatable bonds is 4. The zero-order chi connectivity index (χ0) is 36.0. The molecule has 5 nitrogen and oxygen atoms in total. The third kappa shape index (κ3) is 6.69. The molecule has 0 fully saturated rings. The fourth-order valence-electron chi connectivity index (χ4n) is 6.99. The maximum Gasteiger partial charge on any atom is 0.131 e.